The summed E-state index contributed by atoms with van der Waals surface area (Å²) in [5.74, 6) is 1.27. The van der Waals surface area contributed by atoms with Crippen LogP contribution in [0.25, 0.3) is 0 Å². The Hall–Kier alpha value is -1.55. The van der Waals surface area contributed by atoms with Gasteiger partial charge in [0.25, 0.3) is 0 Å². The molecule has 0 aliphatic heterocycles. The summed E-state index contributed by atoms with van der Waals surface area (Å²) in [6, 6.07) is 7.40. The van der Waals surface area contributed by atoms with E-state index in [0.29, 0.717) is 11.6 Å². The van der Waals surface area contributed by atoms with E-state index in [-0.39, 0.29) is 12.1 Å². The lowest BCUT2D eigenvalue weighted by Gasteiger charge is -2.33. The molecule has 4 unspecified atom stereocenters. The third kappa shape index (κ3) is 4.46. The molecule has 4 atom stereocenters. The minimum absolute atomic E-state index is 0.163. The zero-order valence-electron chi connectivity index (χ0n) is 13.1. The fraction of sp³-hybridized carbons (Fsp3) is 0.588. The lowest BCUT2D eigenvalue weighted by atomic mass is 9.80. The third-order valence-electron chi connectivity index (χ3n) is 4.37. The molecule has 1 aromatic rings. The van der Waals surface area contributed by atoms with Gasteiger partial charge in [-0.15, -0.1) is 0 Å². The van der Waals surface area contributed by atoms with Crippen LogP contribution >= 0.6 is 0 Å². The number of carbonyl (C=O) groups is 1. The number of benzene rings is 1. The number of aliphatic hydroxyl groups excluding tert-OH is 1. The number of rotatable bonds is 3. The average molecular weight is 290 g/mol. The molecule has 3 N–H and O–H groups in total. The van der Waals surface area contributed by atoms with Crippen LogP contribution in [0, 0.1) is 11.8 Å². The van der Waals surface area contributed by atoms with E-state index >= 15 is 0 Å². The number of aliphatic hydroxyl groups is 1. The Labute approximate surface area is 126 Å². The summed E-state index contributed by atoms with van der Waals surface area (Å²) in [7, 11) is 0. The van der Waals surface area contributed by atoms with Crippen LogP contribution < -0.4 is 10.6 Å². The molecule has 21 heavy (non-hydrogen) atoms. The highest BCUT2D eigenvalue weighted by molar-refractivity contribution is 5.89. The molecule has 0 heterocycles. The van der Waals surface area contributed by atoms with Gasteiger partial charge in [0.05, 0.1) is 6.10 Å². The van der Waals surface area contributed by atoms with Crippen LogP contribution in [0.15, 0.2) is 24.3 Å². The second kappa shape index (κ2) is 6.94. The van der Waals surface area contributed by atoms with Gasteiger partial charge in [0, 0.05) is 11.7 Å². The quantitative estimate of drug-likeness (QED) is 0.795. The predicted molar refractivity (Wildman–Crippen MR) is 85.2 cm³/mol. The molecule has 1 aromatic carbocycles. The van der Waals surface area contributed by atoms with Crippen molar-refractivity contribution in [2.75, 3.05) is 5.32 Å². The Kier molecular flexibility index (Phi) is 5.23. The fourth-order valence-corrected chi connectivity index (χ4v) is 3.09. The number of amides is 2. The molecule has 1 aliphatic rings. The number of hydrogen-bond acceptors (Lipinski definition) is 2. The summed E-state index contributed by atoms with van der Waals surface area (Å²) in [6.45, 7) is 6.19. The van der Waals surface area contributed by atoms with Gasteiger partial charge in [-0.25, -0.2) is 4.79 Å². The predicted octanol–water partition coefficient (Wildman–Crippen LogP) is 3.69. The first-order chi connectivity index (χ1) is 9.95. The second-order valence-electron chi connectivity index (χ2n) is 6.40. The Bertz CT molecular complexity index is 487. The molecule has 0 bridgehead atoms. The van der Waals surface area contributed by atoms with E-state index in [9.17, 15) is 9.90 Å². The summed E-state index contributed by atoms with van der Waals surface area (Å²) < 4.78 is 0. The molecule has 116 valence electrons. The number of urea groups is 1. The first-order valence-corrected chi connectivity index (χ1v) is 7.81. The average Bonchev–Trinajstić information content (AvgIpc) is 2.42. The molecule has 4 nitrogen and oxygen atoms in total. The van der Waals surface area contributed by atoms with Crippen molar-refractivity contribution in [1.82, 2.24) is 5.32 Å². The van der Waals surface area contributed by atoms with Crippen LogP contribution in [0.3, 0.4) is 0 Å². The van der Waals surface area contributed by atoms with E-state index in [1.165, 1.54) is 12.8 Å². The van der Waals surface area contributed by atoms with Gasteiger partial charge >= 0.3 is 6.03 Å². The summed E-state index contributed by atoms with van der Waals surface area (Å²) in [5.41, 5.74) is 1.51. The number of carbonyl (C=O) groups excluding carboxylic acids is 1. The smallest absolute Gasteiger partial charge is 0.319 e. The Morgan fingerprint density at radius 3 is 2.76 bits per heavy atom. The molecule has 0 aromatic heterocycles. The van der Waals surface area contributed by atoms with Crippen molar-refractivity contribution in [3.63, 3.8) is 0 Å². The first-order valence-electron chi connectivity index (χ1n) is 7.81. The zero-order valence-corrected chi connectivity index (χ0v) is 13.1. The van der Waals surface area contributed by atoms with Crippen molar-refractivity contribution in [2.24, 2.45) is 11.8 Å². The molecule has 0 spiro atoms. The number of nitrogens with one attached hydrogen (secondary N) is 2. The van der Waals surface area contributed by atoms with Gasteiger partial charge in [0.1, 0.15) is 0 Å². The second-order valence-corrected chi connectivity index (χ2v) is 6.40. The van der Waals surface area contributed by atoms with Crippen LogP contribution in [0.5, 0.6) is 0 Å². The largest absolute Gasteiger partial charge is 0.389 e. The molecule has 1 saturated carbocycles. The normalized spacial score (nSPS) is 27.0. The fourth-order valence-electron chi connectivity index (χ4n) is 3.09. The molecule has 4 heteroatoms. The van der Waals surface area contributed by atoms with Crippen LogP contribution in [0.1, 0.15) is 51.7 Å². The molecule has 2 rings (SSSR count). The van der Waals surface area contributed by atoms with Crippen molar-refractivity contribution < 1.29 is 9.90 Å². The highest BCUT2D eigenvalue weighted by Gasteiger charge is 2.26. The zero-order chi connectivity index (χ0) is 15.4. The van der Waals surface area contributed by atoms with E-state index in [0.717, 1.165) is 17.9 Å². The monoisotopic (exact) mass is 290 g/mol. The molecule has 0 radical (unpaired) electrons. The van der Waals surface area contributed by atoms with Gasteiger partial charge < -0.3 is 15.7 Å². The van der Waals surface area contributed by atoms with E-state index in [2.05, 4.69) is 24.5 Å². The van der Waals surface area contributed by atoms with Crippen molar-refractivity contribution in [1.29, 1.82) is 0 Å². The third-order valence-corrected chi connectivity index (χ3v) is 4.37. The molecule has 0 saturated heterocycles. The summed E-state index contributed by atoms with van der Waals surface area (Å²) in [5, 5.41) is 15.5. The maximum atomic E-state index is 12.1. The van der Waals surface area contributed by atoms with E-state index in [1.807, 2.05) is 18.2 Å². The summed E-state index contributed by atoms with van der Waals surface area (Å²) in [6.07, 6.45) is 2.85. The van der Waals surface area contributed by atoms with Crippen LogP contribution in [-0.4, -0.2) is 17.2 Å². The standard InChI is InChI=1S/C17H26N2O2/c1-11-7-8-16(12(2)9-11)19-17(21)18-15-6-4-5-14(10-15)13(3)20/h4-6,10-13,16,20H,7-9H2,1-3H3,(H2,18,19,21). The maximum absolute atomic E-state index is 12.1. The van der Waals surface area contributed by atoms with Gasteiger partial charge in [-0.05, 0) is 55.7 Å². The van der Waals surface area contributed by atoms with Crippen molar-refractivity contribution in [3.8, 4) is 0 Å². The Morgan fingerprint density at radius 2 is 2.10 bits per heavy atom. The maximum Gasteiger partial charge on any atom is 0.319 e. The van der Waals surface area contributed by atoms with Crippen molar-refractivity contribution >= 4 is 11.7 Å². The van der Waals surface area contributed by atoms with E-state index < -0.39 is 6.10 Å². The van der Waals surface area contributed by atoms with Crippen LogP contribution in [0.4, 0.5) is 10.5 Å². The van der Waals surface area contributed by atoms with Gasteiger partial charge in [0.15, 0.2) is 0 Å². The van der Waals surface area contributed by atoms with Crippen LogP contribution in [-0.2, 0) is 0 Å². The highest BCUT2D eigenvalue weighted by Crippen LogP contribution is 2.28. The van der Waals surface area contributed by atoms with E-state index in [4.69, 9.17) is 0 Å². The molecule has 1 fully saturated rings. The Morgan fingerprint density at radius 1 is 1.33 bits per heavy atom. The number of hydrogen-bond donors (Lipinski definition) is 3. The SMILES string of the molecule is CC1CCC(NC(=O)Nc2cccc(C(C)O)c2)C(C)C1. The van der Waals surface area contributed by atoms with Gasteiger partial charge in [-0.2, -0.15) is 0 Å². The minimum Gasteiger partial charge on any atom is -0.389 e. The van der Waals surface area contributed by atoms with E-state index in [1.54, 1.807) is 13.0 Å². The molecular formula is C17H26N2O2. The minimum atomic E-state index is -0.533. The van der Waals surface area contributed by atoms with Crippen LogP contribution in [0.2, 0.25) is 0 Å². The lowest BCUT2D eigenvalue weighted by Crippen LogP contribution is -2.44. The highest BCUT2D eigenvalue weighted by atomic mass is 16.3. The summed E-state index contributed by atoms with van der Waals surface area (Å²) >= 11 is 0. The Balaban J connectivity index is 1.91. The van der Waals surface area contributed by atoms with Gasteiger partial charge in [0.2, 0.25) is 0 Å². The lowest BCUT2D eigenvalue weighted by molar-refractivity contribution is 0.199. The van der Waals surface area contributed by atoms with Gasteiger partial charge in [-0.1, -0.05) is 26.0 Å². The molecular weight excluding hydrogens is 264 g/mol. The summed E-state index contributed by atoms with van der Waals surface area (Å²) in [4.78, 5) is 12.1. The number of anilines is 1. The topological polar surface area (TPSA) is 61.4 Å². The van der Waals surface area contributed by atoms with Gasteiger partial charge in [-0.3, -0.25) is 0 Å². The first kappa shape index (κ1) is 15.8. The van der Waals surface area contributed by atoms with Crippen molar-refractivity contribution in [3.05, 3.63) is 29.8 Å². The van der Waals surface area contributed by atoms with Crippen molar-refractivity contribution in [2.45, 2.75) is 52.2 Å². The molecule has 2 amide bonds. The molecule has 1 aliphatic carbocycles.